The Kier molecular flexibility index (Phi) is 6.66. The van der Waals surface area contributed by atoms with Crippen molar-refractivity contribution in [1.82, 2.24) is 10.2 Å². The van der Waals surface area contributed by atoms with Crippen molar-refractivity contribution in [3.63, 3.8) is 0 Å². The van der Waals surface area contributed by atoms with Crippen LogP contribution in [0.25, 0.3) is 0 Å². The minimum Gasteiger partial charge on any atom is -0.493 e. The first kappa shape index (κ1) is 21.5. The summed E-state index contributed by atoms with van der Waals surface area (Å²) in [4.78, 5) is 26.9. The van der Waals surface area contributed by atoms with Crippen molar-refractivity contribution in [3.05, 3.63) is 58.6 Å². The lowest BCUT2D eigenvalue weighted by molar-refractivity contribution is -0.133. The summed E-state index contributed by atoms with van der Waals surface area (Å²) in [5.74, 6) is 1.46. The number of methoxy groups -OCH3 is 1. The fraction of sp³-hybridized carbons (Fsp3) is 0.417. The molecule has 1 heterocycles. The second-order valence-electron chi connectivity index (χ2n) is 8.13. The maximum absolute atomic E-state index is 12.7. The highest BCUT2D eigenvalue weighted by atomic mass is 35.5. The van der Waals surface area contributed by atoms with Crippen molar-refractivity contribution >= 4 is 23.4 Å². The zero-order valence-corrected chi connectivity index (χ0v) is 18.4. The Bertz CT molecular complexity index is 935. The lowest BCUT2D eigenvalue weighted by atomic mass is 10.0. The number of carbonyl (C=O) groups excluding carboxylic acids is 2. The van der Waals surface area contributed by atoms with Gasteiger partial charge in [0.05, 0.1) is 7.11 Å². The first-order chi connectivity index (χ1) is 15.0. The third-order valence-corrected chi connectivity index (χ3v) is 6.05. The number of hydrogen-bond donors (Lipinski definition) is 1. The molecule has 4 rings (SSSR count). The second kappa shape index (κ2) is 9.60. The molecule has 0 aromatic heterocycles. The fourth-order valence-electron chi connectivity index (χ4n) is 3.77. The summed E-state index contributed by atoms with van der Waals surface area (Å²) in [5.41, 5.74) is 1.51. The van der Waals surface area contributed by atoms with Crippen molar-refractivity contribution in [2.45, 2.75) is 38.3 Å². The van der Waals surface area contributed by atoms with E-state index < -0.39 is 0 Å². The molecule has 7 heteroatoms. The van der Waals surface area contributed by atoms with Crippen LogP contribution < -0.4 is 14.8 Å². The summed E-state index contributed by atoms with van der Waals surface area (Å²) in [6, 6.07) is 12.7. The van der Waals surface area contributed by atoms with Crippen LogP contribution in [-0.2, 0) is 11.4 Å². The molecule has 0 bridgehead atoms. The van der Waals surface area contributed by atoms with Crippen LogP contribution in [0.1, 0.15) is 41.6 Å². The van der Waals surface area contributed by atoms with Gasteiger partial charge in [0.2, 0.25) is 5.91 Å². The smallest absolute Gasteiger partial charge is 0.251 e. The van der Waals surface area contributed by atoms with Gasteiger partial charge in [0.15, 0.2) is 11.5 Å². The van der Waals surface area contributed by atoms with E-state index in [9.17, 15) is 9.59 Å². The number of likely N-dealkylation sites (tertiary alicyclic amines) is 1. The largest absolute Gasteiger partial charge is 0.493 e. The van der Waals surface area contributed by atoms with E-state index in [1.54, 1.807) is 25.3 Å². The van der Waals surface area contributed by atoms with Crippen LogP contribution in [0.5, 0.6) is 11.5 Å². The first-order valence-electron chi connectivity index (χ1n) is 10.7. The van der Waals surface area contributed by atoms with Crippen LogP contribution in [0, 0.1) is 5.92 Å². The molecular formula is C24H27ClN2O4. The van der Waals surface area contributed by atoms with Crippen LogP contribution in [-0.4, -0.2) is 43.0 Å². The molecule has 0 radical (unpaired) electrons. The highest BCUT2D eigenvalue weighted by molar-refractivity contribution is 6.30. The molecule has 2 fully saturated rings. The van der Waals surface area contributed by atoms with Crippen LogP contribution in [0.2, 0.25) is 5.02 Å². The Morgan fingerprint density at radius 1 is 1.03 bits per heavy atom. The van der Waals surface area contributed by atoms with E-state index in [-0.39, 0.29) is 23.8 Å². The molecular weight excluding hydrogens is 416 g/mol. The molecule has 1 saturated carbocycles. The highest BCUT2D eigenvalue weighted by Crippen LogP contribution is 2.32. The van der Waals surface area contributed by atoms with Crippen LogP contribution in [0.3, 0.4) is 0 Å². The zero-order chi connectivity index (χ0) is 21.8. The van der Waals surface area contributed by atoms with Gasteiger partial charge in [0.25, 0.3) is 5.91 Å². The van der Waals surface area contributed by atoms with Gasteiger partial charge in [-0.3, -0.25) is 9.59 Å². The zero-order valence-electron chi connectivity index (χ0n) is 17.6. The minimum atomic E-state index is -0.144. The molecule has 31 heavy (non-hydrogen) atoms. The summed E-state index contributed by atoms with van der Waals surface area (Å²) in [5, 5.41) is 3.77. The highest BCUT2D eigenvalue weighted by Gasteiger charge is 2.35. The predicted molar refractivity (Wildman–Crippen MR) is 119 cm³/mol. The first-order valence-corrected chi connectivity index (χ1v) is 11.1. The van der Waals surface area contributed by atoms with Crippen LogP contribution in [0.15, 0.2) is 42.5 Å². The molecule has 2 aromatic rings. The van der Waals surface area contributed by atoms with Crippen molar-refractivity contribution in [2.24, 2.45) is 5.92 Å². The fourth-order valence-corrected chi connectivity index (χ4v) is 3.90. The molecule has 1 aliphatic carbocycles. The lowest BCUT2D eigenvalue weighted by Gasteiger charge is -2.32. The number of halogens is 1. The minimum absolute atomic E-state index is 0.0718. The predicted octanol–water partition coefficient (Wildman–Crippen LogP) is 4.06. The summed E-state index contributed by atoms with van der Waals surface area (Å²) >= 11 is 5.91. The Balaban J connectivity index is 1.32. The summed E-state index contributed by atoms with van der Waals surface area (Å²) < 4.78 is 11.3. The number of nitrogens with zero attached hydrogens (tertiary/aromatic N) is 1. The summed E-state index contributed by atoms with van der Waals surface area (Å²) in [6.07, 6.45) is 3.61. The van der Waals surface area contributed by atoms with E-state index in [2.05, 4.69) is 5.32 Å². The van der Waals surface area contributed by atoms with Gasteiger partial charge in [-0.25, -0.2) is 0 Å². The van der Waals surface area contributed by atoms with Gasteiger partial charge in [0.1, 0.15) is 6.61 Å². The molecule has 2 aromatic carbocycles. The molecule has 2 aliphatic rings. The van der Waals surface area contributed by atoms with E-state index in [1.165, 1.54) is 0 Å². The number of nitrogens with one attached hydrogen (secondary N) is 1. The van der Waals surface area contributed by atoms with Gasteiger partial charge in [-0.1, -0.05) is 23.7 Å². The Hall–Kier alpha value is -2.73. The molecule has 1 saturated heterocycles. The van der Waals surface area contributed by atoms with Crippen molar-refractivity contribution in [3.8, 4) is 11.5 Å². The monoisotopic (exact) mass is 442 g/mol. The standard InChI is InChI=1S/C24H27ClN2O4/c1-30-22-14-18(6-9-21(22)31-15-16-2-7-19(25)8-3-16)23(28)26-20-10-12-27(13-11-20)24(29)17-4-5-17/h2-3,6-9,14,17,20H,4-5,10-13,15H2,1H3,(H,26,28). The molecule has 6 nitrogen and oxygen atoms in total. The van der Waals surface area contributed by atoms with Crippen molar-refractivity contribution in [2.75, 3.05) is 20.2 Å². The molecule has 1 aliphatic heterocycles. The summed E-state index contributed by atoms with van der Waals surface area (Å²) in [7, 11) is 1.55. The Morgan fingerprint density at radius 2 is 1.74 bits per heavy atom. The van der Waals surface area contributed by atoms with E-state index >= 15 is 0 Å². The van der Waals surface area contributed by atoms with Crippen LogP contribution >= 0.6 is 11.6 Å². The molecule has 0 spiro atoms. The maximum atomic E-state index is 12.7. The van der Waals surface area contributed by atoms with Gasteiger partial charge in [-0.15, -0.1) is 0 Å². The van der Waals surface area contributed by atoms with E-state index in [1.807, 2.05) is 29.2 Å². The lowest BCUT2D eigenvalue weighted by Crippen LogP contribution is -2.47. The van der Waals surface area contributed by atoms with Crippen LogP contribution in [0.4, 0.5) is 0 Å². The Labute approximate surface area is 187 Å². The number of ether oxygens (including phenoxy) is 2. The SMILES string of the molecule is COc1cc(C(=O)NC2CCN(C(=O)C3CC3)CC2)ccc1OCc1ccc(Cl)cc1. The Morgan fingerprint density at radius 3 is 2.39 bits per heavy atom. The van der Waals surface area contributed by atoms with Crippen molar-refractivity contribution < 1.29 is 19.1 Å². The average molecular weight is 443 g/mol. The van der Waals surface area contributed by atoms with Gasteiger partial charge in [-0.05, 0) is 61.6 Å². The third-order valence-electron chi connectivity index (χ3n) is 5.80. The number of rotatable bonds is 7. The van der Waals surface area contributed by atoms with E-state index in [0.29, 0.717) is 41.8 Å². The summed E-state index contributed by atoms with van der Waals surface area (Å²) in [6.45, 7) is 1.79. The number of hydrogen-bond acceptors (Lipinski definition) is 4. The van der Waals surface area contributed by atoms with E-state index in [0.717, 1.165) is 31.2 Å². The molecule has 1 N–H and O–H groups in total. The molecule has 164 valence electrons. The number of amides is 2. The topological polar surface area (TPSA) is 67.9 Å². The van der Waals surface area contributed by atoms with Crippen molar-refractivity contribution in [1.29, 1.82) is 0 Å². The second-order valence-corrected chi connectivity index (χ2v) is 8.56. The van der Waals surface area contributed by atoms with E-state index in [4.69, 9.17) is 21.1 Å². The maximum Gasteiger partial charge on any atom is 0.251 e. The quantitative estimate of drug-likeness (QED) is 0.702. The number of carbonyl (C=O) groups is 2. The molecule has 0 atom stereocenters. The van der Waals surface area contributed by atoms with Gasteiger partial charge >= 0.3 is 0 Å². The number of piperidine rings is 1. The molecule has 0 unspecified atom stereocenters. The van der Waals surface area contributed by atoms with Gasteiger partial charge < -0.3 is 19.7 Å². The van der Waals surface area contributed by atoms with Gasteiger partial charge in [-0.2, -0.15) is 0 Å². The molecule has 2 amide bonds. The number of benzene rings is 2. The average Bonchev–Trinajstić information content (AvgIpc) is 3.64. The van der Waals surface area contributed by atoms with Gasteiger partial charge in [0, 0.05) is 35.6 Å². The normalized spacial score (nSPS) is 16.6. The third kappa shape index (κ3) is 5.50.